The number of ether oxygens (including phenoxy) is 1. The maximum atomic E-state index is 14.6. The van der Waals surface area contributed by atoms with E-state index in [1.54, 1.807) is 4.90 Å². The maximum absolute atomic E-state index is 14.6. The van der Waals surface area contributed by atoms with E-state index in [9.17, 15) is 14.4 Å². The summed E-state index contributed by atoms with van der Waals surface area (Å²) >= 11 is 0. The minimum atomic E-state index is -1.37. The van der Waals surface area contributed by atoms with Crippen LogP contribution in [0.25, 0.3) is 0 Å². The van der Waals surface area contributed by atoms with Crippen LogP contribution in [0, 0.1) is 5.41 Å². The molecule has 2 atom stereocenters. The van der Waals surface area contributed by atoms with E-state index in [2.05, 4.69) is 34.9 Å². The second-order valence-electron chi connectivity index (χ2n) is 10.6. The third kappa shape index (κ3) is 6.52. The lowest BCUT2D eigenvalue weighted by molar-refractivity contribution is -0.174. The Bertz CT molecular complexity index is 1050. The fraction of sp³-hybridized carbons (Fsp3) is 0.483. The fourth-order valence-electron chi connectivity index (χ4n) is 4.87. The van der Waals surface area contributed by atoms with Gasteiger partial charge in [-0.05, 0) is 16.5 Å². The van der Waals surface area contributed by atoms with Crippen LogP contribution in [0.2, 0.25) is 0 Å². The summed E-state index contributed by atoms with van der Waals surface area (Å²) in [6.07, 6.45) is -1.21. The van der Waals surface area contributed by atoms with E-state index in [0.29, 0.717) is 19.5 Å². The van der Waals surface area contributed by atoms with Crippen LogP contribution in [-0.2, 0) is 19.2 Å². The Labute approximate surface area is 225 Å². The Morgan fingerprint density at radius 3 is 2.13 bits per heavy atom. The third-order valence-electron chi connectivity index (χ3n) is 7.30. The van der Waals surface area contributed by atoms with E-state index in [1.807, 2.05) is 57.2 Å². The first-order valence-corrected chi connectivity index (χ1v) is 12.9. The second-order valence-corrected chi connectivity index (χ2v) is 10.6. The predicted octanol–water partition coefficient (Wildman–Crippen LogP) is 3.52. The molecule has 0 aliphatic carbocycles. The summed E-state index contributed by atoms with van der Waals surface area (Å²) in [4.78, 5) is 46.8. The van der Waals surface area contributed by atoms with Crippen LogP contribution >= 0.6 is 0 Å². The molecule has 2 N–H and O–H groups in total. The largest absolute Gasteiger partial charge is 0.430 e. The first-order chi connectivity index (χ1) is 18.0. The predicted molar refractivity (Wildman–Crippen MR) is 145 cm³/mol. The highest BCUT2D eigenvalue weighted by Crippen LogP contribution is 2.39. The van der Waals surface area contributed by atoms with E-state index in [0.717, 1.165) is 16.2 Å². The number of carbonyl (C=O) groups excluding carboxylic acids is 3. The molecule has 0 spiro atoms. The van der Waals surface area contributed by atoms with Gasteiger partial charge in [0.2, 0.25) is 11.8 Å². The van der Waals surface area contributed by atoms with Crippen LogP contribution in [0.4, 0.5) is 4.79 Å². The molecular formula is C29H40N4O5. The number of nitrogens with zero attached hydrogens (tertiary/aromatic N) is 2. The monoisotopic (exact) mass is 524 g/mol. The molecule has 9 heteroatoms. The molecule has 38 heavy (non-hydrogen) atoms. The summed E-state index contributed by atoms with van der Waals surface area (Å²) in [6.45, 7) is 6.46. The van der Waals surface area contributed by atoms with E-state index < -0.39 is 23.3 Å². The van der Waals surface area contributed by atoms with Gasteiger partial charge in [0.1, 0.15) is 5.54 Å². The van der Waals surface area contributed by atoms with Crippen LogP contribution < -0.4 is 10.6 Å². The highest BCUT2D eigenvalue weighted by Gasteiger charge is 2.55. The molecule has 1 saturated heterocycles. The van der Waals surface area contributed by atoms with Crippen LogP contribution in [0.1, 0.15) is 50.7 Å². The quantitative estimate of drug-likeness (QED) is 0.513. The molecule has 1 fully saturated rings. The number of alkyl carbamates (subject to hydrolysis) is 1. The van der Waals surface area contributed by atoms with Gasteiger partial charge in [-0.15, -0.1) is 0 Å². The normalized spacial score (nSPS) is 20.1. The van der Waals surface area contributed by atoms with Crippen molar-refractivity contribution < 1.29 is 24.0 Å². The van der Waals surface area contributed by atoms with Crippen molar-refractivity contribution in [3.8, 4) is 0 Å². The number of hydroxylamine groups is 2. The van der Waals surface area contributed by atoms with Gasteiger partial charge in [0, 0.05) is 39.5 Å². The number of benzene rings is 2. The Morgan fingerprint density at radius 1 is 1.11 bits per heavy atom. The summed E-state index contributed by atoms with van der Waals surface area (Å²) in [5.74, 6) is -0.679. The van der Waals surface area contributed by atoms with E-state index in [1.165, 1.54) is 21.2 Å². The molecule has 0 aromatic heterocycles. The molecule has 2 aromatic carbocycles. The van der Waals surface area contributed by atoms with Gasteiger partial charge in [-0.2, -0.15) is 0 Å². The van der Waals surface area contributed by atoms with Gasteiger partial charge in [0.05, 0.1) is 13.5 Å². The average Bonchev–Trinajstić information content (AvgIpc) is 3.04. The molecule has 1 aliphatic heterocycles. The molecule has 3 rings (SSSR count). The topological polar surface area (TPSA) is 100 Å². The summed E-state index contributed by atoms with van der Waals surface area (Å²) in [5.41, 5.74) is 0.0667. The Kier molecular flexibility index (Phi) is 9.51. The van der Waals surface area contributed by atoms with Crippen molar-refractivity contribution in [2.45, 2.75) is 51.3 Å². The van der Waals surface area contributed by atoms with Crippen molar-refractivity contribution in [2.75, 3.05) is 34.3 Å². The van der Waals surface area contributed by atoms with Crippen LogP contribution in [0.3, 0.4) is 0 Å². The Morgan fingerprint density at radius 2 is 1.66 bits per heavy atom. The molecule has 0 radical (unpaired) electrons. The summed E-state index contributed by atoms with van der Waals surface area (Å²) < 4.78 is 5.61. The standard InChI is InChI=1S/C29H40N4O5/c1-28(2,3)29(19-25(34)32(5)37-6)26(35)33(18-17-24(31-29)38-27(36)30-4)20-23(21-13-9-7-10-14-21)22-15-11-8-12-16-22/h7-16,23-24,31H,17-20H2,1-6H3,(H,30,36)/t24-,29+/m0/s1. The SMILES string of the molecule is CNC(=O)O[C@H]1CCN(CC(c2ccccc2)c2ccccc2)C(=O)[C@](CC(=O)N(C)OC)(C(C)(C)C)N1. The minimum absolute atomic E-state index is 0.0900. The van der Waals surface area contributed by atoms with Crippen LogP contribution in [-0.4, -0.2) is 73.9 Å². The van der Waals surface area contributed by atoms with Gasteiger partial charge < -0.3 is 15.0 Å². The number of rotatable bonds is 8. The van der Waals surface area contributed by atoms with Gasteiger partial charge in [0.15, 0.2) is 6.23 Å². The number of hydrogen-bond acceptors (Lipinski definition) is 6. The minimum Gasteiger partial charge on any atom is -0.430 e. The second kappa shape index (κ2) is 12.4. The van der Waals surface area contributed by atoms with Crippen molar-refractivity contribution in [1.29, 1.82) is 0 Å². The number of amides is 3. The van der Waals surface area contributed by atoms with Gasteiger partial charge in [0.25, 0.3) is 0 Å². The van der Waals surface area contributed by atoms with Gasteiger partial charge >= 0.3 is 6.09 Å². The molecule has 1 heterocycles. The lowest BCUT2D eigenvalue weighted by atomic mass is 9.70. The zero-order valence-corrected chi connectivity index (χ0v) is 23.2. The first-order valence-electron chi connectivity index (χ1n) is 12.9. The highest BCUT2D eigenvalue weighted by atomic mass is 16.7. The maximum Gasteiger partial charge on any atom is 0.408 e. The molecule has 0 unspecified atom stereocenters. The summed E-state index contributed by atoms with van der Waals surface area (Å²) in [7, 11) is 4.39. The fourth-order valence-corrected chi connectivity index (χ4v) is 4.87. The lowest BCUT2D eigenvalue weighted by Gasteiger charge is -2.46. The van der Waals surface area contributed by atoms with Crippen molar-refractivity contribution in [3.63, 3.8) is 0 Å². The van der Waals surface area contributed by atoms with Crippen LogP contribution in [0.15, 0.2) is 60.7 Å². The third-order valence-corrected chi connectivity index (χ3v) is 7.30. The van der Waals surface area contributed by atoms with Crippen LogP contribution in [0.5, 0.6) is 0 Å². The molecule has 9 nitrogen and oxygen atoms in total. The summed E-state index contributed by atoms with van der Waals surface area (Å²) in [5, 5.41) is 6.88. The highest BCUT2D eigenvalue weighted by molar-refractivity contribution is 5.93. The van der Waals surface area contributed by atoms with Crippen molar-refractivity contribution in [1.82, 2.24) is 20.6 Å². The first kappa shape index (κ1) is 29.1. The number of hydrogen-bond donors (Lipinski definition) is 2. The van der Waals surface area contributed by atoms with Crippen molar-refractivity contribution >= 4 is 17.9 Å². The van der Waals surface area contributed by atoms with Gasteiger partial charge in [-0.25, -0.2) is 9.86 Å². The van der Waals surface area contributed by atoms with Gasteiger partial charge in [-0.1, -0.05) is 81.4 Å². The molecule has 0 saturated carbocycles. The Hall–Kier alpha value is -3.43. The zero-order valence-electron chi connectivity index (χ0n) is 23.2. The lowest BCUT2D eigenvalue weighted by Crippen LogP contribution is -2.67. The zero-order chi connectivity index (χ0) is 27.9. The van der Waals surface area contributed by atoms with E-state index >= 15 is 0 Å². The molecule has 206 valence electrons. The number of nitrogens with one attached hydrogen (secondary N) is 2. The van der Waals surface area contributed by atoms with Crippen molar-refractivity contribution in [3.05, 3.63) is 71.8 Å². The molecule has 2 aromatic rings. The Balaban J connectivity index is 2.08. The molecule has 1 aliphatic rings. The molecule has 0 bridgehead atoms. The molecule has 3 amide bonds. The summed E-state index contributed by atoms with van der Waals surface area (Å²) in [6, 6.07) is 20.1. The van der Waals surface area contributed by atoms with E-state index in [-0.39, 0.29) is 24.2 Å². The number of carbonyl (C=O) groups is 3. The van der Waals surface area contributed by atoms with Crippen molar-refractivity contribution in [2.24, 2.45) is 5.41 Å². The van der Waals surface area contributed by atoms with Gasteiger partial charge in [-0.3, -0.25) is 19.7 Å². The molecular weight excluding hydrogens is 484 g/mol. The van der Waals surface area contributed by atoms with E-state index in [4.69, 9.17) is 9.57 Å². The smallest absolute Gasteiger partial charge is 0.408 e. The average molecular weight is 525 g/mol.